The van der Waals surface area contributed by atoms with Gasteiger partial charge >= 0.3 is 5.97 Å². The summed E-state index contributed by atoms with van der Waals surface area (Å²) >= 11 is 0. The molecule has 142 valence electrons. The van der Waals surface area contributed by atoms with Crippen molar-refractivity contribution in [3.8, 4) is 5.75 Å². The van der Waals surface area contributed by atoms with Crippen LogP contribution < -0.4 is 4.74 Å². The van der Waals surface area contributed by atoms with Gasteiger partial charge in [0.15, 0.2) is 0 Å². The topological polar surface area (TPSA) is 38.8 Å². The second-order valence-corrected chi connectivity index (χ2v) is 7.09. The first-order valence-corrected chi connectivity index (χ1v) is 9.34. The normalized spacial score (nSPS) is 14.3. The number of carbonyl (C=O) groups is 1. The molecule has 4 nitrogen and oxygen atoms in total. The van der Waals surface area contributed by atoms with Gasteiger partial charge in [0, 0.05) is 5.56 Å². The minimum absolute atomic E-state index is 0.235. The number of esters is 1. The van der Waals surface area contributed by atoms with E-state index in [0.29, 0.717) is 6.61 Å². The largest absolute Gasteiger partial charge is 0.488 e. The van der Waals surface area contributed by atoms with E-state index in [1.807, 2.05) is 18.2 Å². The Morgan fingerprint density at radius 1 is 1.19 bits per heavy atom. The van der Waals surface area contributed by atoms with E-state index in [0.717, 1.165) is 36.3 Å². The lowest BCUT2D eigenvalue weighted by molar-refractivity contribution is -0.139. The molecule has 0 radical (unpaired) electrons. The van der Waals surface area contributed by atoms with Crippen LogP contribution >= 0.6 is 0 Å². The first kappa shape index (κ1) is 19.2. The van der Waals surface area contributed by atoms with Gasteiger partial charge < -0.3 is 14.4 Å². The predicted molar refractivity (Wildman–Crippen MR) is 108 cm³/mol. The Morgan fingerprint density at radius 3 is 2.78 bits per heavy atom. The summed E-state index contributed by atoms with van der Waals surface area (Å²) in [4.78, 5) is 13.9. The molecule has 0 aliphatic carbocycles. The molecule has 3 rings (SSSR count). The lowest BCUT2D eigenvalue weighted by Crippen LogP contribution is -2.12. The molecular formula is C23H27NO3. The number of rotatable bonds is 6. The smallest absolute Gasteiger partial charge is 0.309 e. The van der Waals surface area contributed by atoms with Crippen molar-refractivity contribution >= 4 is 11.5 Å². The van der Waals surface area contributed by atoms with Crippen molar-refractivity contribution in [1.82, 2.24) is 4.90 Å². The van der Waals surface area contributed by atoms with Crippen molar-refractivity contribution in [3.63, 3.8) is 0 Å². The Balaban J connectivity index is 1.99. The van der Waals surface area contributed by atoms with Crippen LogP contribution in [-0.2, 0) is 22.6 Å². The number of hydrogen-bond donors (Lipinski definition) is 0. The summed E-state index contributed by atoms with van der Waals surface area (Å²) in [6.07, 6.45) is 4.65. The molecule has 0 unspecified atom stereocenters. The van der Waals surface area contributed by atoms with Crippen LogP contribution in [0.2, 0.25) is 0 Å². The maximum atomic E-state index is 11.7. The van der Waals surface area contributed by atoms with Crippen molar-refractivity contribution in [2.45, 2.75) is 25.9 Å². The monoisotopic (exact) mass is 365 g/mol. The average Bonchev–Trinajstić information content (AvgIpc) is 2.82. The maximum Gasteiger partial charge on any atom is 0.309 e. The number of ether oxygens (including phenoxy) is 2. The van der Waals surface area contributed by atoms with E-state index in [9.17, 15) is 4.79 Å². The fraction of sp³-hybridized carbons (Fsp3) is 0.348. The molecule has 27 heavy (non-hydrogen) atoms. The van der Waals surface area contributed by atoms with Crippen molar-refractivity contribution in [3.05, 3.63) is 70.8 Å². The third-order valence-corrected chi connectivity index (χ3v) is 4.76. The molecule has 1 aliphatic rings. The molecule has 0 bridgehead atoms. The summed E-state index contributed by atoms with van der Waals surface area (Å²) in [5.74, 6) is 0.625. The zero-order valence-electron chi connectivity index (χ0n) is 16.3. The van der Waals surface area contributed by atoms with E-state index in [1.54, 1.807) is 0 Å². The zero-order chi connectivity index (χ0) is 19.2. The molecule has 0 amide bonds. The van der Waals surface area contributed by atoms with E-state index < -0.39 is 0 Å². The fourth-order valence-corrected chi connectivity index (χ4v) is 3.35. The van der Waals surface area contributed by atoms with Crippen LogP contribution in [0.15, 0.2) is 48.5 Å². The molecular weight excluding hydrogens is 338 g/mol. The van der Waals surface area contributed by atoms with Gasteiger partial charge in [-0.25, -0.2) is 0 Å². The SMILES string of the molecule is COC(=O)Cc1ccc2c(c1)C(=CCCCN(C)C)c1ccccc1CO2. The van der Waals surface area contributed by atoms with Gasteiger partial charge in [-0.15, -0.1) is 0 Å². The molecule has 0 spiro atoms. The highest BCUT2D eigenvalue weighted by Crippen LogP contribution is 2.37. The molecule has 0 fully saturated rings. The van der Waals surface area contributed by atoms with E-state index in [2.05, 4.69) is 49.3 Å². The Bertz CT molecular complexity index is 839. The second kappa shape index (κ2) is 8.87. The highest BCUT2D eigenvalue weighted by molar-refractivity contribution is 5.85. The van der Waals surface area contributed by atoms with Crippen LogP contribution in [0.4, 0.5) is 0 Å². The molecule has 0 atom stereocenters. The molecule has 0 saturated heterocycles. The summed E-state index contributed by atoms with van der Waals surface area (Å²) < 4.78 is 10.9. The van der Waals surface area contributed by atoms with Gasteiger partial charge in [-0.1, -0.05) is 36.4 Å². The number of benzene rings is 2. The van der Waals surface area contributed by atoms with Crippen LogP contribution in [0.1, 0.15) is 35.1 Å². The van der Waals surface area contributed by atoms with E-state index in [-0.39, 0.29) is 12.4 Å². The van der Waals surface area contributed by atoms with Gasteiger partial charge in [0.05, 0.1) is 13.5 Å². The Kier molecular flexibility index (Phi) is 6.30. The van der Waals surface area contributed by atoms with Crippen molar-refractivity contribution < 1.29 is 14.3 Å². The van der Waals surface area contributed by atoms with Crippen LogP contribution in [-0.4, -0.2) is 38.6 Å². The van der Waals surface area contributed by atoms with Gasteiger partial charge in [-0.3, -0.25) is 4.79 Å². The quantitative estimate of drug-likeness (QED) is 0.571. The first-order chi connectivity index (χ1) is 13.1. The summed E-state index contributed by atoms with van der Waals surface area (Å²) in [5, 5.41) is 0. The summed E-state index contributed by atoms with van der Waals surface area (Å²) in [7, 11) is 5.61. The van der Waals surface area contributed by atoms with Crippen LogP contribution in [0, 0.1) is 0 Å². The lowest BCUT2D eigenvalue weighted by Gasteiger charge is -2.13. The number of allylic oxidation sites excluding steroid dienone is 1. The number of carbonyl (C=O) groups excluding carboxylic acids is 1. The number of fused-ring (bicyclic) bond motifs is 2. The molecule has 1 aliphatic heterocycles. The highest BCUT2D eigenvalue weighted by atomic mass is 16.5. The summed E-state index contributed by atoms with van der Waals surface area (Å²) in [6.45, 7) is 1.60. The Hall–Kier alpha value is -2.59. The number of unbranched alkanes of at least 4 members (excludes halogenated alkanes) is 1. The van der Waals surface area contributed by atoms with Crippen LogP contribution in [0.5, 0.6) is 5.75 Å². The van der Waals surface area contributed by atoms with Gasteiger partial charge in [-0.2, -0.15) is 0 Å². The number of methoxy groups -OCH3 is 1. The van der Waals surface area contributed by atoms with Gasteiger partial charge in [0.2, 0.25) is 0 Å². The van der Waals surface area contributed by atoms with Gasteiger partial charge in [0.25, 0.3) is 0 Å². The molecule has 2 aromatic rings. The Morgan fingerprint density at radius 2 is 2.00 bits per heavy atom. The minimum atomic E-state index is -0.235. The van der Waals surface area contributed by atoms with E-state index in [1.165, 1.54) is 23.8 Å². The third-order valence-electron chi connectivity index (χ3n) is 4.76. The molecule has 4 heteroatoms. The average molecular weight is 365 g/mol. The van der Waals surface area contributed by atoms with Crippen molar-refractivity contribution in [2.24, 2.45) is 0 Å². The zero-order valence-corrected chi connectivity index (χ0v) is 16.3. The van der Waals surface area contributed by atoms with Gasteiger partial charge in [0.1, 0.15) is 12.4 Å². The fourth-order valence-electron chi connectivity index (χ4n) is 3.35. The number of hydrogen-bond acceptors (Lipinski definition) is 4. The van der Waals surface area contributed by atoms with Crippen molar-refractivity contribution in [1.29, 1.82) is 0 Å². The van der Waals surface area contributed by atoms with Gasteiger partial charge in [-0.05, 0) is 67.9 Å². The highest BCUT2D eigenvalue weighted by Gasteiger charge is 2.19. The van der Waals surface area contributed by atoms with E-state index in [4.69, 9.17) is 9.47 Å². The maximum absolute atomic E-state index is 11.7. The molecule has 1 heterocycles. The first-order valence-electron chi connectivity index (χ1n) is 9.34. The molecule has 0 N–H and O–H groups in total. The Labute approximate surface area is 161 Å². The molecule has 0 saturated carbocycles. The standard InChI is InChI=1S/C23H27NO3/c1-24(2)13-7-6-10-20-19-9-5-4-8-18(19)16-27-22-12-11-17(14-21(20)22)15-23(25)26-3/h4-5,8-12,14H,6-7,13,15-16H2,1-3H3. The summed E-state index contributed by atoms with van der Waals surface area (Å²) in [5.41, 5.74) is 5.55. The molecule has 2 aromatic carbocycles. The third kappa shape index (κ3) is 4.77. The van der Waals surface area contributed by atoms with Crippen LogP contribution in [0.3, 0.4) is 0 Å². The van der Waals surface area contributed by atoms with Crippen molar-refractivity contribution in [2.75, 3.05) is 27.7 Å². The van der Waals surface area contributed by atoms with E-state index >= 15 is 0 Å². The minimum Gasteiger partial charge on any atom is -0.488 e. The predicted octanol–water partition coefficient (Wildman–Crippen LogP) is 4.07. The lowest BCUT2D eigenvalue weighted by atomic mass is 9.92. The summed E-state index contributed by atoms with van der Waals surface area (Å²) in [6, 6.07) is 14.3. The molecule has 0 aromatic heterocycles. The van der Waals surface area contributed by atoms with Crippen LogP contribution in [0.25, 0.3) is 5.57 Å². The second-order valence-electron chi connectivity index (χ2n) is 7.09. The number of nitrogens with zero attached hydrogens (tertiary/aromatic N) is 1.